The van der Waals surface area contributed by atoms with Crippen LogP contribution in [-0.4, -0.2) is 17.6 Å². The molecule has 0 bridgehead atoms. The average molecular weight is 442 g/mol. The van der Waals surface area contributed by atoms with E-state index in [-0.39, 0.29) is 11.0 Å². The second-order valence-electron chi connectivity index (χ2n) is 5.24. The molecule has 0 saturated heterocycles. The number of para-hydroxylation sites is 1. The number of carbonyl (C=O) groups is 1. The van der Waals surface area contributed by atoms with E-state index in [9.17, 15) is 4.79 Å². The summed E-state index contributed by atoms with van der Waals surface area (Å²) in [4.78, 5) is 12.3. The molecule has 2 aromatic rings. The van der Waals surface area contributed by atoms with Gasteiger partial charge in [0, 0.05) is 5.56 Å². The van der Waals surface area contributed by atoms with Gasteiger partial charge in [-0.1, -0.05) is 37.1 Å². The number of rotatable bonds is 6. The SMILES string of the molecule is CCCCOc1ccc(C(=O)NC(=S)Nc2ccccc2Cl)cc1Br. The number of halogens is 2. The van der Waals surface area contributed by atoms with Crippen molar-refractivity contribution in [3.63, 3.8) is 0 Å². The van der Waals surface area contributed by atoms with Gasteiger partial charge >= 0.3 is 0 Å². The van der Waals surface area contributed by atoms with E-state index in [0.29, 0.717) is 28.6 Å². The summed E-state index contributed by atoms with van der Waals surface area (Å²) in [6.45, 7) is 2.75. The summed E-state index contributed by atoms with van der Waals surface area (Å²) in [6, 6.07) is 12.3. The minimum Gasteiger partial charge on any atom is -0.492 e. The molecule has 0 aromatic heterocycles. The van der Waals surface area contributed by atoms with E-state index < -0.39 is 0 Å². The maximum absolute atomic E-state index is 12.3. The smallest absolute Gasteiger partial charge is 0.257 e. The highest BCUT2D eigenvalue weighted by molar-refractivity contribution is 9.10. The predicted molar refractivity (Wildman–Crippen MR) is 110 cm³/mol. The van der Waals surface area contributed by atoms with Gasteiger partial charge in [0.15, 0.2) is 5.11 Å². The van der Waals surface area contributed by atoms with Crippen LogP contribution in [0.1, 0.15) is 30.1 Å². The first-order chi connectivity index (χ1) is 12.0. The Labute approximate surface area is 166 Å². The van der Waals surface area contributed by atoms with Crippen LogP contribution in [0.2, 0.25) is 5.02 Å². The van der Waals surface area contributed by atoms with Crippen LogP contribution >= 0.6 is 39.7 Å². The summed E-state index contributed by atoms with van der Waals surface area (Å²) in [7, 11) is 0. The van der Waals surface area contributed by atoms with Crippen molar-refractivity contribution in [2.45, 2.75) is 19.8 Å². The van der Waals surface area contributed by atoms with Gasteiger partial charge in [-0.15, -0.1) is 0 Å². The van der Waals surface area contributed by atoms with Crippen molar-refractivity contribution < 1.29 is 9.53 Å². The highest BCUT2D eigenvalue weighted by Gasteiger charge is 2.11. The predicted octanol–water partition coefficient (Wildman–Crippen LogP) is 5.41. The molecule has 0 spiro atoms. The number of hydrogen-bond acceptors (Lipinski definition) is 3. The summed E-state index contributed by atoms with van der Waals surface area (Å²) in [5, 5.41) is 6.24. The van der Waals surface area contributed by atoms with Crippen LogP contribution in [0.4, 0.5) is 5.69 Å². The Kier molecular flexibility index (Phi) is 7.68. The molecule has 0 aliphatic carbocycles. The molecule has 0 aliphatic rings. The molecule has 0 heterocycles. The molecule has 0 aliphatic heterocycles. The summed E-state index contributed by atoms with van der Waals surface area (Å²) < 4.78 is 6.38. The summed E-state index contributed by atoms with van der Waals surface area (Å²) in [5.74, 6) is 0.395. The van der Waals surface area contributed by atoms with Crippen molar-refractivity contribution in [3.05, 3.63) is 57.5 Å². The number of unbranched alkanes of at least 4 members (excludes halogenated alkanes) is 1. The summed E-state index contributed by atoms with van der Waals surface area (Å²) in [5.41, 5.74) is 1.10. The van der Waals surface area contributed by atoms with Crippen molar-refractivity contribution in [3.8, 4) is 5.75 Å². The van der Waals surface area contributed by atoms with Crippen LogP contribution in [0, 0.1) is 0 Å². The minimum atomic E-state index is -0.314. The van der Waals surface area contributed by atoms with Gasteiger partial charge in [-0.3, -0.25) is 10.1 Å². The van der Waals surface area contributed by atoms with E-state index in [2.05, 4.69) is 33.5 Å². The van der Waals surface area contributed by atoms with Crippen molar-refractivity contribution in [1.29, 1.82) is 0 Å². The average Bonchev–Trinajstić information content (AvgIpc) is 2.58. The highest BCUT2D eigenvalue weighted by atomic mass is 79.9. The molecule has 2 aromatic carbocycles. The maximum Gasteiger partial charge on any atom is 0.257 e. The number of thiocarbonyl (C=S) groups is 1. The molecule has 0 radical (unpaired) electrons. The van der Waals surface area contributed by atoms with Crippen molar-refractivity contribution in [2.75, 3.05) is 11.9 Å². The molecule has 0 saturated carbocycles. The van der Waals surface area contributed by atoms with Crippen LogP contribution in [0.5, 0.6) is 5.75 Å². The lowest BCUT2D eigenvalue weighted by atomic mass is 10.2. The van der Waals surface area contributed by atoms with Crippen molar-refractivity contribution in [2.24, 2.45) is 0 Å². The monoisotopic (exact) mass is 440 g/mol. The fourth-order valence-corrected chi connectivity index (χ4v) is 2.86. The first-order valence-electron chi connectivity index (χ1n) is 7.80. The first kappa shape index (κ1) is 19.7. The number of carbonyl (C=O) groups excluding carboxylic acids is 1. The number of ether oxygens (including phenoxy) is 1. The third kappa shape index (κ3) is 5.99. The Morgan fingerprint density at radius 1 is 1.28 bits per heavy atom. The van der Waals surface area contributed by atoms with E-state index in [1.54, 1.807) is 30.3 Å². The Balaban J connectivity index is 1.97. The normalized spacial score (nSPS) is 10.2. The highest BCUT2D eigenvalue weighted by Crippen LogP contribution is 2.26. The zero-order valence-electron chi connectivity index (χ0n) is 13.6. The molecule has 25 heavy (non-hydrogen) atoms. The zero-order chi connectivity index (χ0) is 18.2. The minimum absolute atomic E-state index is 0.178. The fraction of sp³-hybridized carbons (Fsp3) is 0.222. The van der Waals surface area contributed by atoms with Crippen LogP contribution < -0.4 is 15.4 Å². The zero-order valence-corrected chi connectivity index (χ0v) is 16.8. The van der Waals surface area contributed by atoms with Gasteiger partial charge < -0.3 is 10.1 Å². The summed E-state index contributed by atoms with van der Waals surface area (Å²) >= 11 is 14.6. The lowest BCUT2D eigenvalue weighted by Crippen LogP contribution is -2.34. The number of benzene rings is 2. The van der Waals surface area contributed by atoms with Gasteiger partial charge in [0.25, 0.3) is 5.91 Å². The van der Waals surface area contributed by atoms with Gasteiger partial charge in [-0.05, 0) is 64.9 Å². The molecule has 0 atom stereocenters. The molecule has 1 amide bonds. The van der Waals surface area contributed by atoms with Crippen LogP contribution in [0.3, 0.4) is 0 Å². The third-order valence-electron chi connectivity index (χ3n) is 3.30. The van der Waals surface area contributed by atoms with Crippen LogP contribution in [-0.2, 0) is 0 Å². The molecule has 2 N–H and O–H groups in total. The van der Waals surface area contributed by atoms with Crippen molar-refractivity contribution in [1.82, 2.24) is 5.32 Å². The van der Waals surface area contributed by atoms with Crippen LogP contribution in [0.15, 0.2) is 46.9 Å². The number of hydrogen-bond donors (Lipinski definition) is 2. The summed E-state index contributed by atoms with van der Waals surface area (Å²) in [6.07, 6.45) is 2.05. The Morgan fingerprint density at radius 3 is 2.72 bits per heavy atom. The van der Waals surface area contributed by atoms with E-state index in [4.69, 9.17) is 28.6 Å². The molecule has 4 nitrogen and oxygen atoms in total. The largest absolute Gasteiger partial charge is 0.492 e. The standard InChI is InChI=1S/C18H18BrClN2O2S/c1-2-3-10-24-16-9-8-12(11-13(16)19)17(23)22-18(25)21-15-7-5-4-6-14(15)20/h4-9,11H,2-3,10H2,1H3,(H2,21,22,23,25). The lowest BCUT2D eigenvalue weighted by molar-refractivity contribution is 0.0977. The first-order valence-corrected chi connectivity index (χ1v) is 9.38. The molecule has 0 fully saturated rings. The van der Waals surface area contributed by atoms with Crippen molar-refractivity contribution >= 4 is 56.5 Å². The molecule has 7 heteroatoms. The van der Waals surface area contributed by atoms with Crippen LogP contribution in [0.25, 0.3) is 0 Å². The van der Waals surface area contributed by atoms with E-state index >= 15 is 0 Å². The second-order valence-corrected chi connectivity index (χ2v) is 6.91. The van der Waals surface area contributed by atoms with E-state index in [1.807, 2.05) is 12.1 Å². The molecule has 0 unspecified atom stereocenters. The number of nitrogens with one attached hydrogen (secondary N) is 2. The maximum atomic E-state index is 12.3. The molecule has 132 valence electrons. The van der Waals surface area contributed by atoms with E-state index in [0.717, 1.165) is 17.3 Å². The molecule has 2 rings (SSSR count). The Bertz CT molecular complexity index is 770. The lowest BCUT2D eigenvalue weighted by Gasteiger charge is -2.12. The van der Waals surface area contributed by atoms with E-state index in [1.165, 1.54) is 0 Å². The molecular weight excluding hydrogens is 424 g/mol. The quantitative estimate of drug-likeness (QED) is 0.465. The van der Waals surface area contributed by atoms with Gasteiger partial charge in [-0.2, -0.15) is 0 Å². The van der Waals surface area contributed by atoms with Gasteiger partial charge in [0.2, 0.25) is 0 Å². The Morgan fingerprint density at radius 2 is 2.04 bits per heavy atom. The van der Waals surface area contributed by atoms with Gasteiger partial charge in [-0.25, -0.2) is 0 Å². The van der Waals surface area contributed by atoms with Gasteiger partial charge in [0.1, 0.15) is 5.75 Å². The fourth-order valence-electron chi connectivity index (χ4n) is 1.98. The third-order valence-corrected chi connectivity index (χ3v) is 4.45. The molecular formula is C18H18BrClN2O2S. The second kappa shape index (κ2) is 9.75. The topological polar surface area (TPSA) is 50.4 Å². The number of anilines is 1. The number of amides is 1. The Hall–Kier alpha value is -1.63. The van der Waals surface area contributed by atoms with Gasteiger partial charge in [0.05, 0.1) is 21.8 Å².